The minimum absolute atomic E-state index is 0.0654. The molecule has 4 rings (SSSR count). The van der Waals surface area contributed by atoms with Gasteiger partial charge in [0.25, 0.3) is 0 Å². The van der Waals surface area contributed by atoms with Crippen molar-refractivity contribution in [1.82, 2.24) is 0 Å². The number of rotatable bonds is 0. The zero-order valence-corrected chi connectivity index (χ0v) is 19.6. The van der Waals surface area contributed by atoms with Crippen LogP contribution in [0.5, 0.6) is 0 Å². The molecular formula is C30H32. The summed E-state index contributed by atoms with van der Waals surface area (Å²) in [6.07, 6.45) is 0. The SMILES string of the molecule is CC1(C)C(=C=C=C=C=C2C(C)(C)c3ccccc3C2(C)C)C(C)(C)c2ccccc21. The van der Waals surface area contributed by atoms with Gasteiger partial charge >= 0.3 is 0 Å². The molecule has 0 amide bonds. The van der Waals surface area contributed by atoms with Crippen LogP contribution in [0.2, 0.25) is 0 Å². The third-order valence-corrected chi connectivity index (χ3v) is 7.49. The molecule has 0 bridgehead atoms. The van der Waals surface area contributed by atoms with Gasteiger partial charge in [-0.2, -0.15) is 0 Å². The van der Waals surface area contributed by atoms with Crippen LogP contribution in [0, 0.1) is 0 Å². The van der Waals surface area contributed by atoms with E-state index < -0.39 is 0 Å². The van der Waals surface area contributed by atoms with Crippen LogP contribution in [0.25, 0.3) is 0 Å². The van der Waals surface area contributed by atoms with E-state index >= 15 is 0 Å². The summed E-state index contributed by atoms with van der Waals surface area (Å²) in [6, 6.07) is 17.5. The molecule has 0 N–H and O–H groups in total. The van der Waals surface area contributed by atoms with Gasteiger partial charge in [0, 0.05) is 32.8 Å². The quantitative estimate of drug-likeness (QED) is 0.409. The van der Waals surface area contributed by atoms with Gasteiger partial charge in [-0.05, 0) is 33.7 Å². The highest BCUT2D eigenvalue weighted by molar-refractivity contribution is 5.58. The van der Waals surface area contributed by atoms with Gasteiger partial charge in [-0.25, -0.2) is 0 Å². The Morgan fingerprint density at radius 2 is 0.667 bits per heavy atom. The van der Waals surface area contributed by atoms with Crippen molar-refractivity contribution in [1.29, 1.82) is 0 Å². The molecule has 0 aromatic heterocycles. The van der Waals surface area contributed by atoms with Gasteiger partial charge in [0.05, 0.1) is 0 Å². The lowest BCUT2D eigenvalue weighted by Gasteiger charge is -2.26. The minimum Gasteiger partial charge on any atom is -0.0619 e. The van der Waals surface area contributed by atoms with Crippen molar-refractivity contribution < 1.29 is 0 Å². The fraction of sp³-hybridized carbons (Fsp3) is 0.400. The molecule has 0 saturated carbocycles. The molecule has 2 aliphatic rings. The van der Waals surface area contributed by atoms with E-state index in [0.717, 1.165) is 0 Å². The monoisotopic (exact) mass is 392 g/mol. The first-order chi connectivity index (χ1) is 13.9. The van der Waals surface area contributed by atoms with E-state index in [9.17, 15) is 0 Å². The number of hydrogen-bond donors (Lipinski definition) is 0. The van der Waals surface area contributed by atoms with E-state index in [1.54, 1.807) is 0 Å². The molecule has 0 heterocycles. The largest absolute Gasteiger partial charge is 0.0619 e. The molecule has 0 fully saturated rings. The van der Waals surface area contributed by atoms with Crippen molar-refractivity contribution in [3.8, 4) is 0 Å². The molecule has 0 unspecified atom stereocenters. The summed E-state index contributed by atoms with van der Waals surface area (Å²) in [5.74, 6) is 0. The van der Waals surface area contributed by atoms with Gasteiger partial charge in [-0.3, -0.25) is 0 Å². The molecule has 0 nitrogen and oxygen atoms in total. The fourth-order valence-electron chi connectivity index (χ4n) is 6.06. The first-order valence-corrected chi connectivity index (χ1v) is 10.9. The van der Waals surface area contributed by atoms with Gasteiger partial charge in [-0.15, -0.1) is 0 Å². The van der Waals surface area contributed by atoms with Crippen molar-refractivity contribution in [3.05, 3.63) is 105 Å². The Labute approximate surface area is 182 Å². The molecule has 0 aliphatic heterocycles. The lowest BCUT2D eigenvalue weighted by Crippen LogP contribution is -2.22. The smallest absolute Gasteiger partial charge is 0.0199 e. The standard InChI is InChI=1S/C30H32/c1-27(2)21-15-9-10-16-22(21)28(3,4)25(27)19-13-14-20-26-29(5,6)23-17-11-12-18-24(23)30(26,7)8/h9-12,15-18H,1-8H3. The molecule has 30 heavy (non-hydrogen) atoms. The third-order valence-electron chi connectivity index (χ3n) is 7.49. The van der Waals surface area contributed by atoms with Crippen molar-refractivity contribution in [2.75, 3.05) is 0 Å². The molecule has 0 heteroatoms. The third kappa shape index (κ3) is 2.71. The zero-order chi connectivity index (χ0) is 21.9. The number of fused-ring (bicyclic) bond motifs is 2. The Morgan fingerprint density at radius 1 is 0.433 bits per heavy atom. The predicted molar refractivity (Wildman–Crippen MR) is 126 cm³/mol. The van der Waals surface area contributed by atoms with Crippen molar-refractivity contribution in [2.45, 2.75) is 77.0 Å². The van der Waals surface area contributed by atoms with Crippen LogP contribution in [0.4, 0.5) is 0 Å². The minimum atomic E-state index is -0.0654. The molecule has 2 aromatic carbocycles. The highest BCUT2D eigenvalue weighted by Crippen LogP contribution is 2.53. The summed E-state index contributed by atoms with van der Waals surface area (Å²) in [4.78, 5) is 0. The van der Waals surface area contributed by atoms with Gasteiger partial charge in [0.1, 0.15) is 0 Å². The summed E-state index contributed by atoms with van der Waals surface area (Å²) >= 11 is 0. The first-order valence-electron chi connectivity index (χ1n) is 10.9. The van der Waals surface area contributed by atoms with E-state index in [1.807, 2.05) is 0 Å². The molecule has 2 aliphatic carbocycles. The van der Waals surface area contributed by atoms with Crippen LogP contribution < -0.4 is 0 Å². The summed E-state index contributed by atoms with van der Waals surface area (Å²) in [7, 11) is 0. The van der Waals surface area contributed by atoms with Crippen molar-refractivity contribution >= 4 is 0 Å². The van der Waals surface area contributed by atoms with Crippen LogP contribution in [-0.4, -0.2) is 0 Å². The number of allylic oxidation sites excluding steroid dienone is 2. The summed E-state index contributed by atoms with van der Waals surface area (Å²) in [5, 5.41) is 0. The van der Waals surface area contributed by atoms with Gasteiger partial charge in [0.2, 0.25) is 0 Å². The lowest BCUT2D eigenvalue weighted by molar-refractivity contribution is 0.550. The van der Waals surface area contributed by atoms with Crippen LogP contribution >= 0.6 is 0 Å². The Kier molecular flexibility index (Phi) is 4.39. The Balaban J connectivity index is 1.94. The highest BCUT2D eigenvalue weighted by atomic mass is 14.5. The maximum Gasteiger partial charge on any atom is 0.0199 e. The van der Waals surface area contributed by atoms with E-state index in [4.69, 9.17) is 0 Å². The molecule has 0 radical (unpaired) electrons. The van der Waals surface area contributed by atoms with Gasteiger partial charge in [-0.1, -0.05) is 115 Å². The van der Waals surface area contributed by atoms with Crippen molar-refractivity contribution in [2.24, 2.45) is 0 Å². The summed E-state index contributed by atoms with van der Waals surface area (Å²) in [6.45, 7) is 18.3. The lowest BCUT2D eigenvalue weighted by atomic mass is 9.76. The molecule has 0 saturated heterocycles. The second-order valence-corrected chi connectivity index (χ2v) is 10.8. The van der Waals surface area contributed by atoms with E-state index in [0.29, 0.717) is 0 Å². The fourth-order valence-corrected chi connectivity index (χ4v) is 6.06. The summed E-state index contributed by atoms with van der Waals surface area (Å²) < 4.78 is 0. The molecule has 0 atom stereocenters. The molecular weight excluding hydrogens is 360 g/mol. The Hall–Kier alpha value is -2.70. The van der Waals surface area contributed by atoms with E-state index in [2.05, 4.69) is 127 Å². The van der Waals surface area contributed by atoms with E-state index in [-0.39, 0.29) is 21.7 Å². The molecule has 0 spiro atoms. The van der Waals surface area contributed by atoms with Crippen LogP contribution in [-0.2, 0) is 21.7 Å². The maximum atomic E-state index is 3.49. The predicted octanol–water partition coefficient (Wildman–Crippen LogP) is 7.44. The van der Waals surface area contributed by atoms with Crippen LogP contribution in [0.3, 0.4) is 0 Å². The maximum absolute atomic E-state index is 3.49. The van der Waals surface area contributed by atoms with Crippen molar-refractivity contribution in [3.63, 3.8) is 0 Å². The number of benzene rings is 2. The average molecular weight is 393 g/mol. The average Bonchev–Trinajstić information content (AvgIpc) is 2.94. The normalized spacial score (nSPS) is 21.1. The van der Waals surface area contributed by atoms with Crippen LogP contribution in [0.15, 0.2) is 82.6 Å². The van der Waals surface area contributed by atoms with E-state index in [1.165, 1.54) is 33.4 Å². The first kappa shape index (κ1) is 20.6. The van der Waals surface area contributed by atoms with Crippen LogP contribution in [0.1, 0.15) is 77.6 Å². The highest BCUT2D eigenvalue weighted by Gasteiger charge is 2.47. The second-order valence-electron chi connectivity index (χ2n) is 10.8. The Bertz CT molecular complexity index is 1040. The Morgan fingerprint density at radius 3 is 0.900 bits per heavy atom. The summed E-state index contributed by atoms with van der Waals surface area (Å²) in [5.41, 5.74) is 21.2. The topological polar surface area (TPSA) is 0 Å². The number of hydrogen-bond acceptors (Lipinski definition) is 0. The van der Waals surface area contributed by atoms with Gasteiger partial charge in [0.15, 0.2) is 0 Å². The van der Waals surface area contributed by atoms with Gasteiger partial charge < -0.3 is 0 Å². The molecule has 152 valence electrons. The zero-order valence-electron chi connectivity index (χ0n) is 19.6. The molecule has 2 aromatic rings. The second kappa shape index (κ2) is 6.40.